The van der Waals surface area contributed by atoms with Crippen molar-refractivity contribution < 1.29 is 45.8 Å². The van der Waals surface area contributed by atoms with Gasteiger partial charge in [0.15, 0.2) is 22.0 Å². The van der Waals surface area contributed by atoms with Crippen molar-refractivity contribution >= 4 is 49.0 Å². The van der Waals surface area contributed by atoms with Crippen LogP contribution in [-0.4, -0.2) is 69.9 Å². The fourth-order valence-electron chi connectivity index (χ4n) is 3.08. The zero-order chi connectivity index (χ0) is 26.0. The number of hydrogen-bond donors (Lipinski definition) is 3. The van der Waals surface area contributed by atoms with Gasteiger partial charge in [-0.3, -0.25) is 4.79 Å². The third-order valence-electron chi connectivity index (χ3n) is 5.01. The molecule has 0 spiro atoms. The Kier molecular flexibility index (Phi) is 8.85. The summed E-state index contributed by atoms with van der Waals surface area (Å²) in [4.78, 5) is 35.7. The van der Waals surface area contributed by atoms with Crippen molar-refractivity contribution in [3.8, 4) is 0 Å². The summed E-state index contributed by atoms with van der Waals surface area (Å²) in [7, 11) is -8.20. The van der Waals surface area contributed by atoms with E-state index in [0.29, 0.717) is 23.4 Å². The number of ether oxygens (including phenoxy) is 2. The highest BCUT2D eigenvalue weighted by Gasteiger charge is 2.40. The van der Waals surface area contributed by atoms with E-state index in [1.807, 2.05) is 6.92 Å². The van der Waals surface area contributed by atoms with E-state index in [2.05, 4.69) is 10.1 Å². The molecule has 0 saturated heterocycles. The maximum absolute atomic E-state index is 12.8. The minimum absolute atomic E-state index is 0.0711. The number of sulfone groups is 1. The van der Waals surface area contributed by atoms with Crippen LogP contribution in [0.15, 0.2) is 14.5 Å². The number of esters is 2. The van der Waals surface area contributed by atoms with Crippen LogP contribution >= 0.6 is 11.3 Å². The second kappa shape index (κ2) is 10.7. The summed E-state index contributed by atoms with van der Waals surface area (Å²) in [5, 5.41) is 11.5. The normalized spacial score (nSPS) is 22.1. The molecule has 2 heterocycles. The topological polar surface area (TPSA) is 182 Å². The molecule has 15 heteroatoms. The van der Waals surface area contributed by atoms with Gasteiger partial charge in [-0.25, -0.2) is 31.1 Å². The Labute approximate surface area is 202 Å². The number of aliphatic hydroxyl groups is 1. The first-order valence-corrected chi connectivity index (χ1v) is 14.2. The minimum atomic E-state index is -4.47. The molecule has 0 aromatic carbocycles. The van der Waals surface area contributed by atoms with E-state index in [9.17, 15) is 31.2 Å². The van der Waals surface area contributed by atoms with Gasteiger partial charge in [0, 0.05) is 11.6 Å². The number of thiophene rings is 1. The summed E-state index contributed by atoms with van der Waals surface area (Å²) in [6.45, 7) is 7.33. The standard InChI is InChI=1S/C19H28N2O10S3/c1-6-20-14-7-9(2)33(26,27)19-13(14)8-15(32-19)34(28,29)21-16(23)11(4)30-18(25)12(5)31-17(24)10(3)22/h8-12,14,20,22H,6-7H2,1-5H3,(H,21,23)/t9-,10-,11-,12-,14-/m0/s1. The number of carbonyl (C=O) groups excluding carboxylic acids is 3. The lowest BCUT2D eigenvalue weighted by Crippen LogP contribution is -2.41. The molecule has 1 amide bonds. The summed E-state index contributed by atoms with van der Waals surface area (Å²) in [6.07, 6.45) is -4.23. The van der Waals surface area contributed by atoms with Gasteiger partial charge >= 0.3 is 11.9 Å². The fraction of sp³-hybridized carbons (Fsp3) is 0.632. The quantitative estimate of drug-likeness (QED) is 0.359. The van der Waals surface area contributed by atoms with Crippen molar-refractivity contribution in [2.24, 2.45) is 0 Å². The zero-order valence-corrected chi connectivity index (χ0v) is 21.7. The Morgan fingerprint density at radius 1 is 1.18 bits per heavy atom. The molecule has 0 radical (unpaired) electrons. The molecule has 1 aromatic rings. The molecule has 0 aliphatic carbocycles. The molecule has 5 atom stereocenters. The molecule has 1 aliphatic rings. The van der Waals surface area contributed by atoms with Crippen LogP contribution in [0.2, 0.25) is 0 Å². The molecule has 192 valence electrons. The molecular weight excluding hydrogens is 512 g/mol. The smallest absolute Gasteiger partial charge is 0.347 e. The number of sulfonamides is 1. The molecule has 34 heavy (non-hydrogen) atoms. The number of hydrogen-bond acceptors (Lipinski definition) is 12. The first-order chi connectivity index (χ1) is 15.6. The Bertz CT molecular complexity index is 1160. The molecule has 0 unspecified atom stereocenters. The zero-order valence-electron chi connectivity index (χ0n) is 19.2. The number of aliphatic hydroxyl groups excluding tert-OH is 1. The molecule has 1 aromatic heterocycles. The van der Waals surface area contributed by atoms with E-state index in [4.69, 9.17) is 9.84 Å². The summed E-state index contributed by atoms with van der Waals surface area (Å²) in [5.41, 5.74) is 0.325. The highest BCUT2D eigenvalue weighted by Crippen LogP contribution is 2.42. The molecule has 2 rings (SSSR count). The predicted octanol–water partition coefficient (Wildman–Crippen LogP) is 0.0137. The Balaban J connectivity index is 2.17. The van der Waals surface area contributed by atoms with Gasteiger partial charge in [0.25, 0.3) is 15.9 Å². The predicted molar refractivity (Wildman–Crippen MR) is 120 cm³/mol. The third kappa shape index (κ3) is 6.13. The van der Waals surface area contributed by atoms with Crippen molar-refractivity contribution in [1.82, 2.24) is 10.0 Å². The lowest BCUT2D eigenvalue weighted by Gasteiger charge is -2.27. The van der Waals surface area contributed by atoms with Crippen LogP contribution in [0.25, 0.3) is 0 Å². The number of amides is 1. The first-order valence-electron chi connectivity index (χ1n) is 10.4. The summed E-state index contributed by atoms with van der Waals surface area (Å²) in [6, 6.07) is 0.862. The van der Waals surface area contributed by atoms with E-state index in [1.165, 1.54) is 6.07 Å². The van der Waals surface area contributed by atoms with Crippen molar-refractivity contribution in [1.29, 1.82) is 0 Å². The number of carbonyl (C=O) groups is 3. The summed E-state index contributed by atoms with van der Waals surface area (Å²) >= 11 is 0.545. The Morgan fingerprint density at radius 2 is 1.76 bits per heavy atom. The van der Waals surface area contributed by atoms with Crippen molar-refractivity contribution in [2.45, 2.75) is 79.1 Å². The minimum Gasteiger partial charge on any atom is -0.450 e. The Morgan fingerprint density at radius 3 is 2.32 bits per heavy atom. The molecule has 1 aliphatic heterocycles. The molecule has 0 saturated carbocycles. The van der Waals surface area contributed by atoms with Crippen LogP contribution in [0, 0.1) is 0 Å². The second-order valence-corrected chi connectivity index (χ2v) is 13.3. The molecule has 3 N–H and O–H groups in total. The van der Waals surface area contributed by atoms with E-state index < -0.39 is 61.3 Å². The van der Waals surface area contributed by atoms with Gasteiger partial charge in [0.1, 0.15) is 14.5 Å². The van der Waals surface area contributed by atoms with Crippen LogP contribution in [0.4, 0.5) is 0 Å². The van der Waals surface area contributed by atoms with E-state index in [0.717, 1.165) is 20.8 Å². The van der Waals surface area contributed by atoms with Crippen molar-refractivity contribution in [3.63, 3.8) is 0 Å². The van der Waals surface area contributed by atoms with Crippen LogP contribution in [-0.2, 0) is 43.7 Å². The highest BCUT2D eigenvalue weighted by molar-refractivity contribution is 7.95. The molecular formula is C19H28N2O10S3. The number of nitrogens with one attached hydrogen (secondary N) is 2. The highest BCUT2D eigenvalue weighted by atomic mass is 32.3. The average molecular weight is 541 g/mol. The van der Waals surface area contributed by atoms with Crippen LogP contribution in [0.3, 0.4) is 0 Å². The van der Waals surface area contributed by atoms with Crippen molar-refractivity contribution in [2.75, 3.05) is 6.54 Å². The maximum Gasteiger partial charge on any atom is 0.347 e. The lowest BCUT2D eigenvalue weighted by molar-refractivity contribution is -0.174. The summed E-state index contributed by atoms with van der Waals surface area (Å²) < 4.78 is 61.8. The maximum atomic E-state index is 12.8. The fourth-order valence-corrected chi connectivity index (χ4v) is 8.12. The van der Waals surface area contributed by atoms with Gasteiger partial charge in [-0.1, -0.05) is 6.92 Å². The number of rotatable bonds is 9. The van der Waals surface area contributed by atoms with Gasteiger partial charge < -0.3 is 19.9 Å². The second-order valence-electron chi connectivity index (χ2n) is 7.81. The van der Waals surface area contributed by atoms with Gasteiger partial charge in [0.2, 0.25) is 0 Å². The molecule has 12 nitrogen and oxygen atoms in total. The summed E-state index contributed by atoms with van der Waals surface area (Å²) in [5.74, 6) is -3.40. The van der Waals surface area contributed by atoms with Crippen LogP contribution in [0.1, 0.15) is 52.6 Å². The van der Waals surface area contributed by atoms with Crippen LogP contribution < -0.4 is 10.0 Å². The lowest BCUT2D eigenvalue weighted by atomic mass is 10.1. The largest absolute Gasteiger partial charge is 0.450 e. The third-order valence-corrected chi connectivity index (χ3v) is 10.7. The van der Waals surface area contributed by atoms with Gasteiger partial charge in [-0.05, 0) is 46.7 Å². The molecule has 0 bridgehead atoms. The average Bonchev–Trinajstić information content (AvgIpc) is 3.19. The van der Waals surface area contributed by atoms with Crippen molar-refractivity contribution in [3.05, 3.63) is 11.6 Å². The first kappa shape index (κ1) is 28.2. The molecule has 0 fully saturated rings. The SMILES string of the molecule is CCN[C@H]1C[C@H](C)S(=O)(=O)c2sc(S(=O)(=O)NC(=O)[C@H](C)OC(=O)[C@H](C)OC(=O)[C@H](C)O)cc21. The van der Waals surface area contributed by atoms with Gasteiger partial charge in [0.05, 0.1) is 5.25 Å². The monoisotopic (exact) mass is 540 g/mol. The van der Waals surface area contributed by atoms with Gasteiger partial charge in [-0.2, -0.15) is 0 Å². The van der Waals surface area contributed by atoms with Crippen LogP contribution in [0.5, 0.6) is 0 Å². The van der Waals surface area contributed by atoms with Gasteiger partial charge in [-0.15, -0.1) is 11.3 Å². The van der Waals surface area contributed by atoms with E-state index in [1.54, 1.807) is 11.6 Å². The Hall–Kier alpha value is -2.07. The van der Waals surface area contributed by atoms with E-state index in [-0.39, 0.29) is 20.9 Å². The van der Waals surface area contributed by atoms with E-state index >= 15 is 0 Å². The number of fused-ring (bicyclic) bond motifs is 1.